The first-order valence-corrected chi connectivity index (χ1v) is 9.29. The molecule has 1 aromatic carbocycles. The molecule has 0 radical (unpaired) electrons. The molecule has 1 aliphatic carbocycles. The predicted molar refractivity (Wildman–Crippen MR) is 87.1 cm³/mol. The van der Waals surface area contributed by atoms with E-state index in [9.17, 15) is 8.42 Å². The molecule has 0 spiro atoms. The van der Waals surface area contributed by atoms with Gasteiger partial charge in [-0.05, 0) is 36.8 Å². The summed E-state index contributed by atoms with van der Waals surface area (Å²) in [6.07, 6.45) is 4.83. The molecular weight excluding hydrogens is 282 g/mol. The average molecular weight is 305 g/mol. The number of para-hydroxylation sites is 1. The van der Waals surface area contributed by atoms with Gasteiger partial charge in [0.1, 0.15) is 0 Å². The van der Waals surface area contributed by atoms with Crippen molar-refractivity contribution in [3.63, 3.8) is 0 Å². The second-order valence-corrected chi connectivity index (χ2v) is 8.93. The molecule has 1 aromatic rings. The van der Waals surface area contributed by atoms with Gasteiger partial charge < -0.3 is 4.90 Å². The molecule has 1 atom stereocenters. The first kappa shape index (κ1) is 14.6. The van der Waals surface area contributed by atoms with Gasteiger partial charge in [0.15, 0.2) is 9.84 Å². The third kappa shape index (κ3) is 2.86. The van der Waals surface area contributed by atoms with E-state index in [0.717, 1.165) is 31.5 Å². The summed E-state index contributed by atoms with van der Waals surface area (Å²) in [5.41, 5.74) is 0.882. The van der Waals surface area contributed by atoms with Crippen molar-refractivity contribution in [2.45, 2.75) is 39.2 Å². The largest absolute Gasteiger partial charge is 0.363 e. The molecule has 0 amide bonds. The van der Waals surface area contributed by atoms with Crippen LogP contribution >= 0.6 is 0 Å². The highest BCUT2D eigenvalue weighted by Crippen LogP contribution is 2.38. The number of hydrogen-bond acceptors (Lipinski definition) is 3. The first-order valence-electron chi connectivity index (χ1n) is 7.64. The number of anilines is 1. The molecule has 0 bridgehead atoms. The highest BCUT2D eigenvalue weighted by Gasteiger charge is 2.41. The maximum Gasteiger partial charge on any atom is 0.176 e. The van der Waals surface area contributed by atoms with Crippen molar-refractivity contribution in [3.8, 4) is 0 Å². The van der Waals surface area contributed by atoms with Crippen molar-refractivity contribution in [2.75, 3.05) is 17.2 Å². The van der Waals surface area contributed by atoms with Crippen LogP contribution in [0.25, 0.3) is 0 Å². The van der Waals surface area contributed by atoms with Crippen LogP contribution in [0.5, 0.6) is 0 Å². The Labute approximate surface area is 127 Å². The molecule has 1 fully saturated rings. The van der Waals surface area contributed by atoms with E-state index >= 15 is 0 Å². The summed E-state index contributed by atoms with van der Waals surface area (Å²) >= 11 is 0. The zero-order chi connectivity index (χ0) is 15.1. The maximum atomic E-state index is 12.7. The Hall–Kier alpha value is -1.29. The Kier molecular flexibility index (Phi) is 3.60. The molecule has 3 nitrogen and oxygen atoms in total. The normalized spacial score (nSPS) is 27.4. The molecule has 21 heavy (non-hydrogen) atoms. The van der Waals surface area contributed by atoms with Crippen LogP contribution in [-0.2, 0) is 9.84 Å². The fourth-order valence-corrected chi connectivity index (χ4v) is 5.90. The second-order valence-electron chi connectivity index (χ2n) is 6.94. The number of benzene rings is 1. The highest BCUT2D eigenvalue weighted by atomic mass is 32.2. The summed E-state index contributed by atoms with van der Waals surface area (Å²) in [6, 6.07) is 10.2. The quantitative estimate of drug-likeness (QED) is 0.798. The Morgan fingerprint density at radius 1 is 1.19 bits per heavy atom. The van der Waals surface area contributed by atoms with Crippen LogP contribution in [0.2, 0.25) is 0 Å². The summed E-state index contributed by atoms with van der Waals surface area (Å²) in [7, 11) is -3.15. The van der Waals surface area contributed by atoms with Gasteiger partial charge in [-0.3, -0.25) is 0 Å². The molecule has 2 aliphatic rings. The molecule has 1 aliphatic heterocycles. The van der Waals surface area contributed by atoms with Crippen molar-refractivity contribution in [2.24, 2.45) is 5.41 Å². The summed E-state index contributed by atoms with van der Waals surface area (Å²) < 4.78 is 25.5. The Morgan fingerprint density at radius 2 is 1.90 bits per heavy atom. The van der Waals surface area contributed by atoms with Crippen LogP contribution in [0.15, 0.2) is 41.3 Å². The van der Waals surface area contributed by atoms with Gasteiger partial charge in [0.25, 0.3) is 0 Å². The Bertz CT molecular complexity index is 647. The molecule has 0 saturated carbocycles. The predicted octanol–water partition coefficient (Wildman–Crippen LogP) is 3.38. The minimum absolute atomic E-state index is 0.00734. The Balaban J connectivity index is 2.11. The maximum absolute atomic E-state index is 12.7. The van der Waals surface area contributed by atoms with Crippen molar-refractivity contribution >= 4 is 15.5 Å². The van der Waals surface area contributed by atoms with Crippen LogP contribution in [0.4, 0.5) is 5.69 Å². The van der Waals surface area contributed by atoms with E-state index in [-0.39, 0.29) is 17.2 Å². The molecule has 114 valence electrons. The van der Waals surface area contributed by atoms with Gasteiger partial charge in [0.05, 0.1) is 16.7 Å². The molecule has 1 saturated heterocycles. The number of rotatable bonds is 1. The van der Waals surface area contributed by atoms with E-state index in [1.165, 1.54) is 0 Å². The van der Waals surface area contributed by atoms with Gasteiger partial charge in [0.2, 0.25) is 0 Å². The number of sulfone groups is 1. The monoisotopic (exact) mass is 305 g/mol. The first-order chi connectivity index (χ1) is 9.89. The standard InChI is InChI=1S/C17H23NO2S/c1-17(2)12-18(14-8-4-3-5-9-14)15-10-6-7-11-16(15)21(19,20)13-17/h3-5,8-9,11,15H,6-7,10,12-13H2,1-2H3. The van der Waals surface area contributed by atoms with Crippen LogP contribution in [0, 0.1) is 5.41 Å². The van der Waals surface area contributed by atoms with Gasteiger partial charge in [0, 0.05) is 12.2 Å². The van der Waals surface area contributed by atoms with Crippen molar-refractivity contribution < 1.29 is 8.42 Å². The van der Waals surface area contributed by atoms with Gasteiger partial charge in [-0.2, -0.15) is 0 Å². The second kappa shape index (κ2) is 5.16. The highest BCUT2D eigenvalue weighted by molar-refractivity contribution is 7.95. The van der Waals surface area contributed by atoms with Crippen LogP contribution < -0.4 is 4.90 Å². The molecule has 0 N–H and O–H groups in total. The lowest BCUT2D eigenvalue weighted by molar-refractivity contribution is 0.403. The Morgan fingerprint density at radius 3 is 2.62 bits per heavy atom. The summed E-state index contributed by atoms with van der Waals surface area (Å²) in [4.78, 5) is 2.96. The SMILES string of the molecule is CC1(C)CN(c2ccccc2)C2CCCC=C2S(=O)(=O)C1. The molecule has 4 heteroatoms. The van der Waals surface area contributed by atoms with Gasteiger partial charge in [-0.25, -0.2) is 8.42 Å². The average Bonchev–Trinajstić information content (AvgIpc) is 2.52. The molecule has 1 heterocycles. The van der Waals surface area contributed by atoms with Gasteiger partial charge in [-0.1, -0.05) is 38.1 Å². The topological polar surface area (TPSA) is 37.4 Å². The number of fused-ring (bicyclic) bond motifs is 1. The fraction of sp³-hybridized carbons (Fsp3) is 0.529. The van der Waals surface area contributed by atoms with Crippen molar-refractivity contribution in [1.82, 2.24) is 0 Å². The van der Waals surface area contributed by atoms with Crippen molar-refractivity contribution in [3.05, 3.63) is 41.3 Å². The number of nitrogens with zero attached hydrogens (tertiary/aromatic N) is 1. The molecule has 0 aromatic heterocycles. The van der Waals surface area contributed by atoms with E-state index in [1.807, 2.05) is 24.3 Å². The van der Waals surface area contributed by atoms with E-state index in [2.05, 4.69) is 30.9 Å². The van der Waals surface area contributed by atoms with E-state index in [4.69, 9.17) is 0 Å². The van der Waals surface area contributed by atoms with Gasteiger partial charge in [-0.15, -0.1) is 0 Å². The zero-order valence-electron chi connectivity index (χ0n) is 12.7. The number of allylic oxidation sites excluding steroid dienone is 1. The lowest BCUT2D eigenvalue weighted by Gasteiger charge is -2.37. The van der Waals surface area contributed by atoms with Crippen molar-refractivity contribution in [1.29, 1.82) is 0 Å². The number of hydrogen-bond donors (Lipinski definition) is 0. The third-order valence-electron chi connectivity index (χ3n) is 4.36. The summed E-state index contributed by atoms with van der Waals surface area (Å²) in [5.74, 6) is 0.242. The van der Waals surface area contributed by atoms with Crippen LogP contribution in [0.3, 0.4) is 0 Å². The third-order valence-corrected chi connectivity index (χ3v) is 6.68. The molecular formula is C17H23NO2S. The fourth-order valence-electron chi connectivity index (χ4n) is 3.58. The zero-order valence-corrected chi connectivity index (χ0v) is 13.6. The minimum atomic E-state index is -3.15. The van der Waals surface area contributed by atoms with Crippen LogP contribution in [0.1, 0.15) is 33.1 Å². The molecule has 1 unspecified atom stereocenters. The minimum Gasteiger partial charge on any atom is -0.363 e. The smallest absolute Gasteiger partial charge is 0.176 e. The van der Waals surface area contributed by atoms with E-state index in [1.54, 1.807) is 0 Å². The van der Waals surface area contributed by atoms with Crippen LogP contribution in [-0.4, -0.2) is 26.8 Å². The lowest BCUT2D eigenvalue weighted by atomic mass is 9.92. The van der Waals surface area contributed by atoms with Gasteiger partial charge >= 0.3 is 0 Å². The van der Waals surface area contributed by atoms with E-state index in [0.29, 0.717) is 4.91 Å². The molecule has 3 rings (SSSR count). The lowest BCUT2D eigenvalue weighted by Crippen LogP contribution is -2.41. The van der Waals surface area contributed by atoms with E-state index < -0.39 is 9.84 Å². The summed E-state index contributed by atoms with van der Waals surface area (Å²) in [6.45, 7) is 4.88. The summed E-state index contributed by atoms with van der Waals surface area (Å²) in [5, 5.41) is 0.